The molecule has 0 fully saturated rings. The minimum Gasteiger partial charge on any atom is -0.197 e. The molecule has 0 aliphatic rings. The van der Waals surface area contributed by atoms with Gasteiger partial charge in [-0.15, -0.1) is 0 Å². The minimum atomic E-state index is -4.19. The zero-order chi connectivity index (χ0) is 4.50. The van der Waals surface area contributed by atoms with Crippen molar-refractivity contribution in [2.75, 3.05) is 0 Å². The molecule has 0 unspecified atom stereocenters. The maximum Gasteiger partial charge on any atom is -0.197 e. The van der Waals surface area contributed by atoms with Gasteiger partial charge in [-0.1, -0.05) is 0 Å². The summed E-state index contributed by atoms with van der Waals surface area (Å²) in [6, 6.07) is 0. The van der Waals surface area contributed by atoms with Crippen molar-refractivity contribution in [1.29, 1.82) is 0 Å². The predicted molar refractivity (Wildman–Crippen MR) is 16.4 cm³/mol. The molecule has 0 saturated carbocycles. The molecular weight excluding hydrogens is 209 g/mol. The van der Waals surface area contributed by atoms with E-state index in [9.17, 15) is 13.2 Å². The third kappa shape index (κ3) is 94.8. The van der Waals surface area contributed by atoms with E-state index in [1.54, 1.807) is 0 Å². The summed E-state index contributed by atoms with van der Waals surface area (Å²) in [5.74, 6) is 0. The predicted octanol–water partition coefficient (Wildman–Crippen LogP) is 1.17. The van der Waals surface area contributed by atoms with E-state index >= 15 is 0 Å². The van der Waals surface area contributed by atoms with Gasteiger partial charge in [0.1, 0.15) is 0 Å². The van der Waals surface area contributed by atoms with Crippen molar-refractivity contribution in [3.05, 3.63) is 0 Å². The van der Waals surface area contributed by atoms with Gasteiger partial charge in [-0.05, 0) is 0 Å². The fraction of sp³-hybridized carbons (Fsp3) is 1.00. The summed E-state index contributed by atoms with van der Waals surface area (Å²) >= 11 is 1.39. The van der Waals surface area contributed by atoms with E-state index in [1.165, 1.54) is 21.1 Å². The van der Waals surface area contributed by atoms with Gasteiger partial charge in [-0.2, -0.15) is 13.5 Å². The molecule has 0 radical (unpaired) electrons. The monoisotopic (exact) mass is 210 g/mol. The number of halogens is 3. The van der Waals surface area contributed by atoms with Crippen LogP contribution in [0.5, 0.6) is 0 Å². The van der Waals surface area contributed by atoms with Crippen molar-refractivity contribution in [2.24, 2.45) is 0 Å². The zero-order valence-corrected chi connectivity index (χ0v) is 4.92. The Morgan fingerprint density at radius 2 is 1.17 bits per heavy atom. The summed E-state index contributed by atoms with van der Waals surface area (Å²) in [5, 5.41) is 0. The second kappa shape index (κ2) is 2.96. The molecule has 0 nitrogen and oxygen atoms in total. The van der Waals surface area contributed by atoms with Crippen LogP contribution >= 0.6 is 13.5 Å². The van der Waals surface area contributed by atoms with Gasteiger partial charge in [0, 0.05) is 0 Å². The fourth-order valence-corrected chi connectivity index (χ4v) is 0. The molecule has 0 aliphatic carbocycles. The third-order valence-corrected chi connectivity index (χ3v) is 0. The van der Waals surface area contributed by atoms with E-state index in [4.69, 9.17) is 0 Å². The first-order valence-corrected chi connectivity index (χ1v) is 1.46. The molecule has 0 rings (SSSR count). The summed E-state index contributed by atoms with van der Waals surface area (Å²) in [6.45, 7) is 0. The third-order valence-electron chi connectivity index (χ3n) is 0. The largest absolute Gasteiger partial charge is 0.197 e. The van der Waals surface area contributed by atoms with Crippen LogP contribution in [0.3, 0.4) is 0 Å². The Labute approximate surface area is 52.5 Å². The Bertz CT molecular complexity index is 26.3. The topological polar surface area (TPSA) is 0 Å². The Hall–Kier alpha value is 0.880. The van der Waals surface area contributed by atoms with E-state index < -0.39 is 4.39 Å². The van der Waals surface area contributed by atoms with Gasteiger partial charge < -0.3 is 0 Å². The molecule has 0 amide bonds. The molecule has 0 saturated heterocycles. The summed E-state index contributed by atoms with van der Waals surface area (Å²) in [5.41, 5.74) is 0. The first-order chi connectivity index (χ1) is 2.00. The van der Waals surface area contributed by atoms with E-state index in [-0.39, 0.29) is 13.5 Å². The Balaban J connectivity index is 0. The Kier molecular flexibility index (Phi) is 4.93. The standard InChI is InChI=1S/CF3.Ag.H2S/c2-1(3)4;;/h;;1H2. The first kappa shape index (κ1) is 9.99. The summed E-state index contributed by atoms with van der Waals surface area (Å²) < 4.78 is 26.6. The van der Waals surface area contributed by atoms with Gasteiger partial charge in [0.25, 0.3) is 0 Å². The summed E-state index contributed by atoms with van der Waals surface area (Å²) in [6.07, 6.45) is 0. The normalized spacial score (nSPS) is 10.2. The van der Waals surface area contributed by atoms with Crippen molar-refractivity contribution in [1.82, 2.24) is 0 Å². The van der Waals surface area contributed by atoms with Crippen molar-refractivity contribution < 1.29 is 34.2 Å². The van der Waals surface area contributed by atoms with E-state index in [0.29, 0.717) is 0 Å². The molecule has 5 heteroatoms. The van der Waals surface area contributed by atoms with Crippen LogP contribution < -0.4 is 0 Å². The van der Waals surface area contributed by atoms with Crippen LogP contribution in [0.2, 0.25) is 0 Å². The second-order valence-corrected chi connectivity index (χ2v) is 1.23. The molecule has 0 heterocycles. The molecule has 0 spiro atoms. The van der Waals surface area contributed by atoms with E-state index in [0.717, 1.165) is 0 Å². The number of hydrogen-bond acceptors (Lipinski definition) is 0. The van der Waals surface area contributed by atoms with Crippen LogP contribution in [0.25, 0.3) is 0 Å². The van der Waals surface area contributed by atoms with Crippen molar-refractivity contribution in [3.63, 3.8) is 0 Å². The van der Waals surface area contributed by atoms with Crippen molar-refractivity contribution >= 4 is 13.5 Å². The zero-order valence-electron chi connectivity index (χ0n) is 2.44. The second-order valence-electron chi connectivity index (χ2n) is 0.385. The van der Waals surface area contributed by atoms with Crippen LogP contribution in [-0.4, -0.2) is 4.39 Å². The van der Waals surface area contributed by atoms with Gasteiger partial charge in [0.05, 0.1) is 0 Å². The average Bonchev–Trinajstić information content (AvgIpc) is 0.722. The fourth-order valence-electron chi connectivity index (χ4n) is 0. The molecule has 0 aromatic carbocycles. The number of rotatable bonds is 0. The molecule has 0 atom stereocenters. The molecule has 0 aliphatic heterocycles. The maximum atomic E-state index is 10.3. The molecule has 6 heavy (non-hydrogen) atoms. The quantitative estimate of drug-likeness (QED) is 0.527. The van der Waals surface area contributed by atoms with Crippen molar-refractivity contribution in [2.45, 2.75) is 4.39 Å². The molecule has 0 bridgehead atoms. The first-order valence-electron chi connectivity index (χ1n) is 0.718. The van der Waals surface area contributed by atoms with Gasteiger partial charge in [0.15, 0.2) is 0 Å². The average molecular weight is 211 g/mol. The van der Waals surface area contributed by atoms with Gasteiger partial charge >= 0.3 is 38.6 Å². The Morgan fingerprint density at radius 1 is 1.17 bits per heavy atom. The molecular formula is CH2AgF3S. The maximum absolute atomic E-state index is 10.3. The molecule has 0 aromatic rings. The minimum absolute atomic E-state index is 0. The van der Waals surface area contributed by atoms with Crippen LogP contribution in [0.15, 0.2) is 0 Å². The van der Waals surface area contributed by atoms with Crippen molar-refractivity contribution in [3.8, 4) is 0 Å². The molecule has 0 N–H and O–H groups in total. The number of alkyl halides is 3. The SMILES string of the molecule is F[C](F)(F)[Ag].S. The summed E-state index contributed by atoms with van der Waals surface area (Å²) in [7, 11) is 0. The van der Waals surface area contributed by atoms with Crippen LogP contribution in [-0.2, 0) is 21.1 Å². The van der Waals surface area contributed by atoms with Gasteiger partial charge in [-0.25, -0.2) is 0 Å². The van der Waals surface area contributed by atoms with Crippen LogP contribution in [0, 0.1) is 0 Å². The van der Waals surface area contributed by atoms with E-state index in [2.05, 4.69) is 0 Å². The summed E-state index contributed by atoms with van der Waals surface area (Å²) in [4.78, 5) is 0. The smallest absolute Gasteiger partial charge is 0.197 e. The molecule has 44 valence electrons. The van der Waals surface area contributed by atoms with Crippen LogP contribution in [0.1, 0.15) is 0 Å². The molecule has 0 aromatic heterocycles. The Morgan fingerprint density at radius 3 is 1.17 bits per heavy atom. The van der Waals surface area contributed by atoms with Gasteiger partial charge in [0.2, 0.25) is 0 Å². The number of hydrogen-bond donors (Lipinski definition) is 0. The van der Waals surface area contributed by atoms with Gasteiger partial charge in [-0.3, -0.25) is 0 Å². The van der Waals surface area contributed by atoms with E-state index in [1.807, 2.05) is 0 Å². The van der Waals surface area contributed by atoms with Crippen LogP contribution in [0.4, 0.5) is 13.2 Å².